The zero-order valence-corrected chi connectivity index (χ0v) is 19.0. The van der Waals surface area contributed by atoms with E-state index in [0.717, 1.165) is 25.9 Å². The van der Waals surface area contributed by atoms with Crippen LogP contribution >= 0.6 is 22.6 Å². The van der Waals surface area contributed by atoms with Crippen molar-refractivity contribution in [3.63, 3.8) is 0 Å². The number of piperidine rings is 1. The van der Waals surface area contributed by atoms with Gasteiger partial charge >= 0.3 is 186 Å². The minimum atomic E-state index is -4.20. The topological polar surface area (TPSA) is 65.6 Å². The average molecular weight is 582 g/mol. The average Bonchev–Trinajstić information content (AvgIpc) is 3.24. The molecule has 2 saturated heterocycles. The summed E-state index contributed by atoms with van der Waals surface area (Å²) in [5, 5.41) is 8.89. The van der Waals surface area contributed by atoms with E-state index in [2.05, 4.69) is 21.3 Å². The van der Waals surface area contributed by atoms with Gasteiger partial charge in [0.15, 0.2) is 0 Å². The van der Waals surface area contributed by atoms with Crippen LogP contribution in [-0.2, 0) is 4.74 Å². The zero-order chi connectivity index (χ0) is 20.4. The number of ether oxygens (including phenoxy) is 1. The molecule has 1 saturated carbocycles. The fourth-order valence-electron chi connectivity index (χ4n) is 4.42. The van der Waals surface area contributed by atoms with Gasteiger partial charge in [-0.15, -0.1) is 0 Å². The number of nitrogens with one attached hydrogen (secondary N) is 1. The minimum absolute atomic E-state index is 0.0857. The van der Waals surface area contributed by atoms with E-state index in [0.29, 0.717) is 38.6 Å². The number of fused-ring (bicyclic) bond motifs is 2. The molecule has 3 fully saturated rings. The predicted octanol–water partition coefficient (Wildman–Crippen LogP) is 1.96. The summed E-state index contributed by atoms with van der Waals surface area (Å²) in [5.41, 5.74) is 0.109. The van der Waals surface area contributed by atoms with Crippen molar-refractivity contribution in [1.82, 2.24) is 14.3 Å². The van der Waals surface area contributed by atoms with E-state index in [1.54, 1.807) is 22.9 Å². The second kappa shape index (κ2) is 6.72. The number of anilines is 1. The van der Waals surface area contributed by atoms with Gasteiger partial charge in [0.1, 0.15) is 0 Å². The van der Waals surface area contributed by atoms with Crippen LogP contribution in [0.15, 0.2) is 18.5 Å². The van der Waals surface area contributed by atoms with E-state index >= 15 is 0 Å². The Balaban J connectivity index is 1.37. The monoisotopic (exact) mass is 583 g/mol. The number of halogens is 4. The summed E-state index contributed by atoms with van der Waals surface area (Å²) in [6.45, 7) is 2.55. The van der Waals surface area contributed by atoms with Crippen molar-refractivity contribution in [3.8, 4) is 6.07 Å². The Bertz CT molecular complexity index is 1020. The molecule has 11 heteroatoms. The van der Waals surface area contributed by atoms with E-state index in [1.165, 1.54) is 0 Å². The Kier molecular flexibility index (Phi) is 4.61. The molecule has 29 heavy (non-hydrogen) atoms. The van der Waals surface area contributed by atoms with Crippen LogP contribution < -0.4 is 9.91 Å². The first-order chi connectivity index (χ1) is 13.8. The van der Waals surface area contributed by atoms with Crippen molar-refractivity contribution in [2.75, 3.05) is 31.6 Å². The molecule has 4 heterocycles. The summed E-state index contributed by atoms with van der Waals surface area (Å²) in [4.78, 5) is 6.67. The third-order valence-corrected chi connectivity index (χ3v) is 9.59. The molecule has 2 aromatic rings. The van der Waals surface area contributed by atoms with Crippen LogP contribution in [0.25, 0.3) is 5.52 Å². The van der Waals surface area contributed by atoms with Gasteiger partial charge in [0, 0.05) is 0 Å². The molecule has 154 valence electrons. The number of hydrogen-bond donors (Lipinski definition) is 1. The van der Waals surface area contributed by atoms with Crippen LogP contribution in [0.2, 0.25) is 0 Å². The zero-order valence-electron chi connectivity index (χ0n) is 15.2. The number of nitrogens with zero attached hydrogens (tertiary/aromatic N) is 4. The third kappa shape index (κ3) is 3.33. The van der Waals surface area contributed by atoms with Gasteiger partial charge in [0.25, 0.3) is 0 Å². The Morgan fingerprint density at radius 1 is 1.41 bits per heavy atom. The summed E-state index contributed by atoms with van der Waals surface area (Å²) < 4.78 is 46.8. The molecular weight excluding hydrogens is 565 g/mol. The van der Waals surface area contributed by atoms with Gasteiger partial charge in [-0.3, -0.25) is 0 Å². The third-order valence-electron chi connectivity index (χ3n) is 6.18. The van der Waals surface area contributed by atoms with Gasteiger partial charge < -0.3 is 0 Å². The molecule has 1 aliphatic carbocycles. The quantitative estimate of drug-likeness (QED) is 0.442. The molecule has 0 spiro atoms. The van der Waals surface area contributed by atoms with E-state index in [1.807, 2.05) is 22.6 Å². The molecule has 2 atom stereocenters. The van der Waals surface area contributed by atoms with Crippen molar-refractivity contribution in [3.05, 3.63) is 22.0 Å². The van der Waals surface area contributed by atoms with Gasteiger partial charge in [-0.05, 0) is 0 Å². The van der Waals surface area contributed by atoms with Crippen LogP contribution in [0.5, 0.6) is 0 Å². The molecule has 6 nitrogen and oxygen atoms in total. The fraction of sp³-hybridized carbons (Fsp3) is 0.556. The van der Waals surface area contributed by atoms with Gasteiger partial charge in [0.2, 0.25) is 0 Å². The Labute approximate surface area is 185 Å². The molecule has 3 aliphatic rings. The standard InChI is InChI=1S/C18H17F3IN5OSe/c19-18(20,21)29-15-12(22)5-13-14(24-2-4-27(13)15)25-17-1-3-26(7-11(17)6-17)16(8-23)9-28-10-16/h2,4-5,11H,1,3,6-7,9-10H2,(H,24,25). The van der Waals surface area contributed by atoms with Crippen LogP contribution in [0.3, 0.4) is 0 Å². The van der Waals surface area contributed by atoms with Crippen LogP contribution in [0.4, 0.5) is 19.0 Å². The van der Waals surface area contributed by atoms with Crippen LogP contribution in [0.1, 0.15) is 12.8 Å². The molecular formula is C18H17F3IN5OSe. The number of nitriles is 1. The number of likely N-dealkylation sites (tertiary alicyclic amines) is 1. The maximum absolute atomic E-state index is 13.0. The van der Waals surface area contributed by atoms with Crippen LogP contribution in [0, 0.1) is 20.8 Å². The first-order valence-electron chi connectivity index (χ1n) is 9.19. The first kappa shape index (κ1) is 19.9. The van der Waals surface area contributed by atoms with Gasteiger partial charge in [-0.25, -0.2) is 0 Å². The molecule has 0 amide bonds. The summed E-state index contributed by atoms with van der Waals surface area (Å²) in [6, 6.07) is 4.19. The molecule has 2 unspecified atom stereocenters. The van der Waals surface area contributed by atoms with E-state index in [-0.39, 0.29) is 5.54 Å². The number of hydrogen-bond acceptors (Lipinski definition) is 5. The van der Waals surface area contributed by atoms with Crippen molar-refractivity contribution < 1.29 is 17.9 Å². The fourth-order valence-corrected chi connectivity index (χ4v) is 6.88. The van der Waals surface area contributed by atoms with Gasteiger partial charge in [-0.1, -0.05) is 0 Å². The van der Waals surface area contributed by atoms with E-state index < -0.39 is 25.6 Å². The number of aromatic nitrogens is 2. The molecule has 2 aliphatic heterocycles. The molecule has 2 aromatic heterocycles. The Morgan fingerprint density at radius 3 is 2.83 bits per heavy atom. The number of alkyl halides is 3. The normalized spacial score (nSPS) is 28.4. The van der Waals surface area contributed by atoms with Crippen LogP contribution in [-0.4, -0.2) is 71.7 Å². The van der Waals surface area contributed by atoms with Crippen molar-refractivity contribution in [1.29, 1.82) is 5.26 Å². The maximum atomic E-state index is 13.0. The van der Waals surface area contributed by atoms with Gasteiger partial charge in [-0.2, -0.15) is 0 Å². The van der Waals surface area contributed by atoms with Gasteiger partial charge in [0.05, 0.1) is 0 Å². The molecule has 5 rings (SSSR count). The number of rotatable bonds is 4. The Morgan fingerprint density at radius 2 is 2.21 bits per heavy atom. The molecule has 0 aromatic carbocycles. The summed E-state index contributed by atoms with van der Waals surface area (Å²) in [7, 11) is 0. The summed E-state index contributed by atoms with van der Waals surface area (Å²) in [5.74, 6) is 1.03. The van der Waals surface area contributed by atoms with E-state index in [4.69, 9.17) is 4.74 Å². The summed E-state index contributed by atoms with van der Waals surface area (Å²) >= 11 is 0.357. The SMILES string of the molecule is N#CC1(N2CCC3(Nc4nccn5c([Se]C(F)(F)F)c(I)cc45)CC3C2)COC1. The second-order valence-corrected chi connectivity index (χ2v) is 11.3. The first-order valence-corrected chi connectivity index (χ1v) is 12.0. The molecule has 1 N–H and O–H groups in total. The van der Waals surface area contributed by atoms with Crippen molar-refractivity contribution in [2.45, 2.75) is 29.0 Å². The molecule has 0 radical (unpaired) electrons. The van der Waals surface area contributed by atoms with Crippen molar-refractivity contribution in [2.24, 2.45) is 5.92 Å². The summed E-state index contributed by atoms with van der Waals surface area (Å²) in [6.07, 6.45) is 5.01. The Hall–Kier alpha value is -1.06. The van der Waals surface area contributed by atoms with E-state index in [9.17, 15) is 18.4 Å². The predicted molar refractivity (Wildman–Crippen MR) is 109 cm³/mol. The second-order valence-electron chi connectivity index (χ2n) is 7.89. The van der Waals surface area contributed by atoms with Crippen molar-refractivity contribution >= 4 is 53.5 Å². The molecule has 0 bridgehead atoms.